The predicted octanol–water partition coefficient (Wildman–Crippen LogP) is 0.929. The number of carbonyl (C=O) groups is 2. The van der Waals surface area contributed by atoms with Gasteiger partial charge in [-0.2, -0.15) is 0 Å². The minimum atomic E-state index is -0.794. The fourth-order valence-electron chi connectivity index (χ4n) is 2.90. The van der Waals surface area contributed by atoms with E-state index < -0.39 is 11.9 Å². The Morgan fingerprint density at radius 1 is 1.00 bits per heavy atom. The molecule has 0 spiro atoms. The lowest BCUT2D eigenvalue weighted by molar-refractivity contribution is -0.141. The van der Waals surface area contributed by atoms with Crippen LogP contribution in [0.5, 0.6) is 0 Å². The molecule has 2 aliphatic heterocycles. The van der Waals surface area contributed by atoms with Crippen LogP contribution in [-0.4, -0.2) is 76.6 Å². The summed E-state index contributed by atoms with van der Waals surface area (Å²) in [6.45, 7) is 10.7. The Morgan fingerprint density at radius 2 is 1.60 bits per heavy atom. The molecule has 0 aliphatic carbocycles. The molecule has 6 heteroatoms. The molecule has 2 heterocycles. The van der Waals surface area contributed by atoms with Crippen LogP contribution >= 0.6 is 0 Å². The molecule has 2 amide bonds. The number of amides is 2. The second-order valence-corrected chi connectivity index (χ2v) is 6.70. The topological polar surface area (TPSA) is 64.1 Å². The fourth-order valence-corrected chi connectivity index (χ4v) is 2.90. The van der Waals surface area contributed by atoms with E-state index in [1.165, 1.54) is 0 Å². The van der Waals surface area contributed by atoms with Gasteiger partial charge in [0, 0.05) is 44.8 Å². The number of piperazine rings is 1. The molecule has 2 aliphatic rings. The van der Waals surface area contributed by atoms with E-state index in [-0.39, 0.29) is 11.6 Å². The van der Waals surface area contributed by atoms with Gasteiger partial charge >= 0.3 is 12.0 Å². The molecular formula is C14H25N3O3. The molecule has 0 radical (unpaired) electrons. The summed E-state index contributed by atoms with van der Waals surface area (Å²) >= 11 is 0. The van der Waals surface area contributed by atoms with Crippen molar-refractivity contribution in [3.63, 3.8) is 0 Å². The lowest BCUT2D eigenvalue weighted by atomic mass is 10.1. The van der Waals surface area contributed by atoms with E-state index in [1.54, 1.807) is 4.90 Å². The average molecular weight is 283 g/mol. The summed E-state index contributed by atoms with van der Waals surface area (Å²) in [6.07, 6.45) is 0.572. The second-order valence-electron chi connectivity index (χ2n) is 6.70. The van der Waals surface area contributed by atoms with Crippen molar-refractivity contribution in [2.24, 2.45) is 5.92 Å². The number of likely N-dealkylation sites (tertiary alicyclic amines) is 1. The maximum absolute atomic E-state index is 12.4. The smallest absolute Gasteiger partial charge is 0.320 e. The number of hydrogen-bond acceptors (Lipinski definition) is 3. The van der Waals surface area contributed by atoms with Crippen LogP contribution < -0.4 is 0 Å². The lowest BCUT2D eigenvalue weighted by Crippen LogP contribution is -2.56. The molecule has 0 aromatic heterocycles. The SMILES string of the molecule is CC(C)(C)N1CCN(C(=O)N2CCC(C(=O)O)C2)CC1. The van der Waals surface area contributed by atoms with Crippen LogP contribution in [0.25, 0.3) is 0 Å². The van der Waals surface area contributed by atoms with Crippen LogP contribution in [0.4, 0.5) is 4.79 Å². The standard InChI is InChI=1S/C14H25N3O3/c1-14(2,3)17-8-6-15(7-9-17)13(20)16-5-4-11(10-16)12(18)19/h11H,4-10H2,1-3H3,(H,18,19). The maximum atomic E-state index is 12.4. The summed E-state index contributed by atoms with van der Waals surface area (Å²) in [6, 6.07) is 0.00214. The molecule has 2 saturated heterocycles. The van der Waals surface area contributed by atoms with E-state index in [0.29, 0.717) is 19.5 Å². The van der Waals surface area contributed by atoms with Crippen LogP contribution in [0.2, 0.25) is 0 Å². The van der Waals surface area contributed by atoms with Crippen LogP contribution in [0.3, 0.4) is 0 Å². The van der Waals surface area contributed by atoms with E-state index in [2.05, 4.69) is 25.7 Å². The molecule has 2 rings (SSSR count). The fraction of sp³-hybridized carbons (Fsp3) is 0.857. The highest BCUT2D eigenvalue weighted by Crippen LogP contribution is 2.20. The third kappa shape index (κ3) is 3.23. The van der Waals surface area contributed by atoms with Crippen molar-refractivity contribution in [1.82, 2.24) is 14.7 Å². The highest BCUT2D eigenvalue weighted by Gasteiger charge is 2.35. The molecule has 2 fully saturated rings. The van der Waals surface area contributed by atoms with Gasteiger partial charge in [-0.1, -0.05) is 0 Å². The van der Waals surface area contributed by atoms with Gasteiger partial charge in [0.1, 0.15) is 0 Å². The normalized spacial score (nSPS) is 25.1. The van der Waals surface area contributed by atoms with Crippen molar-refractivity contribution in [3.8, 4) is 0 Å². The summed E-state index contributed by atoms with van der Waals surface area (Å²) < 4.78 is 0. The highest BCUT2D eigenvalue weighted by molar-refractivity contribution is 5.77. The van der Waals surface area contributed by atoms with Crippen LogP contribution in [0.1, 0.15) is 27.2 Å². The van der Waals surface area contributed by atoms with Gasteiger partial charge in [0.2, 0.25) is 0 Å². The van der Waals surface area contributed by atoms with Gasteiger partial charge in [0.25, 0.3) is 0 Å². The van der Waals surface area contributed by atoms with Crippen LogP contribution in [0.15, 0.2) is 0 Å². The Bertz CT molecular complexity index is 384. The predicted molar refractivity (Wildman–Crippen MR) is 75.6 cm³/mol. The van der Waals surface area contributed by atoms with Gasteiger partial charge in [-0.3, -0.25) is 9.69 Å². The van der Waals surface area contributed by atoms with Gasteiger partial charge in [0.05, 0.1) is 5.92 Å². The molecular weight excluding hydrogens is 258 g/mol. The third-order valence-electron chi connectivity index (χ3n) is 4.31. The van der Waals surface area contributed by atoms with Crippen molar-refractivity contribution in [1.29, 1.82) is 0 Å². The number of hydrogen-bond donors (Lipinski definition) is 1. The van der Waals surface area contributed by atoms with Crippen molar-refractivity contribution in [2.75, 3.05) is 39.3 Å². The molecule has 0 aromatic carbocycles. The number of urea groups is 1. The van der Waals surface area contributed by atoms with E-state index in [9.17, 15) is 9.59 Å². The first kappa shape index (κ1) is 15.1. The van der Waals surface area contributed by atoms with Gasteiger partial charge in [-0.25, -0.2) is 4.79 Å². The third-order valence-corrected chi connectivity index (χ3v) is 4.31. The average Bonchev–Trinajstić information content (AvgIpc) is 2.86. The Morgan fingerprint density at radius 3 is 2.05 bits per heavy atom. The number of aliphatic carboxylic acids is 1. The highest BCUT2D eigenvalue weighted by atomic mass is 16.4. The molecule has 1 unspecified atom stereocenters. The number of carboxylic acid groups (broad SMARTS) is 1. The molecule has 1 N–H and O–H groups in total. The Balaban J connectivity index is 1.85. The summed E-state index contributed by atoms with van der Waals surface area (Å²) in [5, 5.41) is 8.99. The van der Waals surface area contributed by atoms with Gasteiger partial charge < -0.3 is 14.9 Å². The molecule has 114 valence electrons. The molecule has 0 saturated carbocycles. The lowest BCUT2D eigenvalue weighted by Gasteiger charge is -2.43. The van der Waals surface area contributed by atoms with Gasteiger partial charge in [-0.05, 0) is 27.2 Å². The maximum Gasteiger partial charge on any atom is 0.320 e. The summed E-state index contributed by atoms with van der Waals surface area (Å²) in [5.74, 6) is -1.19. The largest absolute Gasteiger partial charge is 0.481 e. The molecule has 1 atom stereocenters. The summed E-state index contributed by atoms with van der Waals surface area (Å²) in [4.78, 5) is 29.2. The van der Waals surface area contributed by atoms with E-state index in [4.69, 9.17) is 5.11 Å². The zero-order valence-corrected chi connectivity index (χ0v) is 12.6. The first-order valence-electron chi connectivity index (χ1n) is 7.31. The van der Waals surface area contributed by atoms with E-state index >= 15 is 0 Å². The zero-order chi connectivity index (χ0) is 14.9. The van der Waals surface area contributed by atoms with Crippen molar-refractivity contribution < 1.29 is 14.7 Å². The van der Waals surface area contributed by atoms with Crippen molar-refractivity contribution >= 4 is 12.0 Å². The molecule has 6 nitrogen and oxygen atoms in total. The van der Waals surface area contributed by atoms with E-state index in [1.807, 2.05) is 4.90 Å². The first-order valence-corrected chi connectivity index (χ1v) is 7.31. The van der Waals surface area contributed by atoms with E-state index in [0.717, 1.165) is 26.2 Å². The number of carbonyl (C=O) groups excluding carboxylic acids is 1. The van der Waals surface area contributed by atoms with Gasteiger partial charge in [0.15, 0.2) is 0 Å². The van der Waals surface area contributed by atoms with Crippen LogP contribution in [-0.2, 0) is 4.79 Å². The second kappa shape index (κ2) is 5.60. The van der Waals surface area contributed by atoms with Crippen molar-refractivity contribution in [3.05, 3.63) is 0 Å². The van der Waals surface area contributed by atoms with Gasteiger partial charge in [-0.15, -0.1) is 0 Å². The number of carboxylic acids is 1. The Hall–Kier alpha value is -1.30. The van der Waals surface area contributed by atoms with Crippen molar-refractivity contribution in [2.45, 2.75) is 32.7 Å². The molecule has 0 bridgehead atoms. The first-order chi connectivity index (χ1) is 9.29. The zero-order valence-electron chi connectivity index (χ0n) is 12.6. The Labute approximate surface area is 120 Å². The minimum absolute atomic E-state index is 0.00214. The summed E-state index contributed by atoms with van der Waals surface area (Å²) in [7, 11) is 0. The quantitative estimate of drug-likeness (QED) is 0.777. The number of nitrogens with zero attached hydrogens (tertiary/aromatic N) is 3. The molecule has 0 aromatic rings. The number of rotatable bonds is 1. The monoisotopic (exact) mass is 283 g/mol. The minimum Gasteiger partial charge on any atom is -0.481 e. The molecule has 20 heavy (non-hydrogen) atoms. The van der Waals surface area contributed by atoms with Crippen LogP contribution in [0, 0.1) is 5.92 Å². The Kier molecular flexibility index (Phi) is 4.22. The summed E-state index contributed by atoms with van der Waals surface area (Å²) in [5.41, 5.74) is 0.136.